The highest BCUT2D eigenvalue weighted by molar-refractivity contribution is 5.89. The van der Waals surface area contributed by atoms with E-state index in [-0.39, 0.29) is 23.9 Å². The number of nitrogens with zero attached hydrogens (tertiary/aromatic N) is 4. The van der Waals surface area contributed by atoms with Gasteiger partial charge in [0, 0.05) is 73.8 Å². The van der Waals surface area contributed by atoms with Crippen LogP contribution in [-0.2, 0) is 22.4 Å². The van der Waals surface area contributed by atoms with Gasteiger partial charge >= 0.3 is 0 Å². The Morgan fingerprint density at radius 3 is 1.34 bits per heavy atom. The molecule has 0 saturated heterocycles. The third kappa shape index (κ3) is 19.7. The van der Waals surface area contributed by atoms with E-state index in [1.807, 2.05) is 73.1 Å². The number of aryl methyl sites for hydroxylation is 2. The number of carbonyl (C=O) groups is 2. The van der Waals surface area contributed by atoms with Crippen LogP contribution in [-0.4, -0.2) is 43.8 Å². The molecule has 296 valence electrons. The highest BCUT2D eigenvalue weighted by Crippen LogP contribution is 2.21. The second kappa shape index (κ2) is 28.0. The fourth-order valence-corrected chi connectivity index (χ4v) is 6.06. The molecule has 0 aromatic carbocycles. The van der Waals surface area contributed by atoms with Gasteiger partial charge in [-0.3, -0.25) is 29.5 Å². The molecular weight excluding hydrogens is 693 g/mol. The normalized spacial score (nSPS) is 12.9. The molecular formula is C48H62N6O2. The van der Waals surface area contributed by atoms with Crippen LogP contribution in [0.1, 0.15) is 114 Å². The van der Waals surface area contributed by atoms with Crippen molar-refractivity contribution >= 4 is 23.0 Å². The molecule has 8 nitrogen and oxygen atoms in total. The lowest BCUT2D eigenvalue weighted by Gasteiger charge is -2.12. The molecule has 2 amide bonds. The number of amides is 2. The lowest BCUT2D eigenvalue weighted by molar-refractivity contribution is -0.117. The van der Waals surface area contributed by atoms with Gasteiger partial charge in [0.15, 0.2) is 0 Å². The van der Waals surface area contributed by atoms with E-state index in [1.54, 1.807) is 49.3 Å². The van der Waals surface area contributed by atoms with Crippen molar-refractivity contribution in [3.05, 3.63) is 157 Å². The molecule has 4 rings (SSSR count). The number of hydrogen-bond acceptors (Lipinski definition) is 6. The third-order valence-electron chi connectivity index (χ3n) is 9.22. The van der Waals surface area contributed by atoms with Gasteiger partial charge < -0.3 is 10.6 Å². The average Bonchev–Trinajstić information content (AvgIpc) is 3.22. The van der Waals surface area contributed by atoms with E-state index in [0.717, 1.165) is 88.2 Å². The zero-order valence-corrected chi connectivity index (χ0v) is 33.9. The summed E-state index contributed by atoms with van der Waals surface area (Å²) in [4.78, 5) is 40.8. The van der Waals surface area contributed by atoms with E-state index in [4.69, 9.17) is 0 Å². The first-order valence-corrected chi connectivity index (χ1v) is 20.3. The summed E-state index contributed by atoms with van der Waals surface area (Å²) in [5.41, 5.74) is 7.27. The molecule has 0 unspecified atom stereocenters. The smallest absolute Gasteiger partial charge is 0.244 e. The van der Waals surface area contributed by atoms with E-state index >= 15 is 0 Å². The molecule has 0 radical (unpaired) electrons. The van der Waals surface area contributed by atoms with Crippen LogP contribution in [0.15, 0.2) is 135 Å². The summed E-state index contributed by atoms with van der Waals surface area (Å²) in [7, 11) is 0. The van der Waals surface area contributed by atoms with Gasteiger partial charge in [-0.1, -0.05) is 63.1 Å². The van der Waals surface area contributed by atoms with E-state index in [2.05, 4.69) is 70.4 Å². The molecule has 2 atom stereocenters. The van der Waals surface area contributed by atoms with Crippen LogP contribution in [0.4, 0.5) is 0 Å². The molecule has 8 heteroatoms. The van der Waals surface area contributed by atoms with Crippen LogP contribution in [0.25, 0.3) is 11.1 Å². The lowest BCUT2D eigenvalue weighted by Crippen LogP contribution is -2.31. The quantitative estimate of drug-likeness (QED) is 0.0611. The Morgan fingerprint density at radius 1 is 0.571 bits per heavy atom. The minimum Gasteiger partial charge on any atom is -0.350 e. The van der Waals surface area contributed by atoms with Gasteiger partial charge in [0.1, 0.15) is 0 Å². The van der Waals surface area contributed by atoms with Crippen LogP contribution in [0.5, 0.6) is 0 Å². The Morgan fingerprint density at radius 2 is 0.982 bits per heavy atom. The number of allylic oxidation sites excluding steroid dienone is 6. The van der Waals surface area contributed by atoms with Crippen molar-refractivity contribution in [3.8, 4) is 0 Å². The maximum atomic E-state index is 12.2. The molecule has 4 aromatic rings. The number of aromatic nitrogens is 4. The molecule has 0 saturated carbocycles. The Hall–Kier alpha value is -5.50. The molecule has 56 heavy (non-hydrogen) atoms. The van der Waals surface area contributed by atoms with Gasteiger partial charge in [-0.25, -0.2) is 0 Å². The van der Waals surface area contributed by atoms with Crippen molar-refractivity contribution in [2.24, 2.45) is 0 Å². The molecule has 0 aliphatic rings. The minimum absolute atomic E-state index is 0.0466. The highest BCUT2D eigenvalue weighted by Gasteiger charge is 2.07. The molecule has 2 N–H and O–H groups in total. The molecule has 0 bridgehead atoms. The van der Waals surface area contributed by atoms with Gasteiger partial charge in [-0.15, -0.1) is 0 Å². The fraction of sp³-hybridized carbons (Fsp3) is 0.375. The first kappa shape index (κ1) is 44.9. The van der Waals surface area contributed by atoms with Crippen LogP contribution in [0, 0.1) is 0 Å². The second-order valence-electron chi connectivity index (χ2n) is 14.1. The molecule has 0 spiro atoms. The maximum absolute atomic E-state index is 12.2. The summed E-state index contributed by atoms with van der Waals surface area (Å²) in [6.07, 6.45) is 38.1. The summed E-state index contributed by atoms with van der Waals surface area (Å²) in [6.45, 7) is 8.47. The first-order valence-electron chi connectivity index (χ1n) is 20.3. The number of pyridine rings is 4. The SMILES string of the molecule is CCCC/C(=C/C=C/C(=O)N[C@H](C)CCCc1cccnc1)c1ccncc1.CCCCC(=CC=CC(=O)N[C@H](C)CCCc1cccnc1)c1ccncc1. The summed E-state index contributed by atoms with van der Waals surface area (Å²) in [5.74, 6) is -0.0932. The summed E-state index contributed by atoms with van der Waals surface area (Å²) < 4.78 is 0. The number of nitrogens with one attached hydrogen (secondary N) is 2. The third-order valence-corrected chi connectivity index (χ3v) is 9.22. The summed E-state index contributed by atoms with van der Waals surface area (Å²) in [6, 6.07) is 16.4. The zero-order valence-electron chi connectivity index (χ0n) is 33.9. The van der Waals surface area contributed by atoms with E-state index < -0.39 is 0 Å². The van der Waals surface area contributed by atoms with Crippen molar-refractivity contribution in [2.75, 3.05) is 0 Å². The Balaban J connectivity index is 0.000000300. The second-order valence-corrected chi connectivity index (χ2v) is 14.1. The predicted octanol–water partition coefficient (Wildman–Crippen LogP) is 10.3. The van der Waals surface area contributed by atoms with Crippen molar-refractivity contribution < 1.29 is 9.59 Å². The molecule has 0 aliphatic carbocycles. The molecule has 0 fully saturated rings. The Labute approximate surface area is 335 Å². The molecule has 4 aromatic heterocycles. The van der Waals surface area contributed by atoms with E-state index in [9.17, 15) is 9.59 Å². The maximum Gasteiger partial charge on any atom is 0.244 e. The standard InChI is InChI=1S/2C24H31N3O/c2*1-3-4-11-22(23-14-17-25-18-15-23)12-6-13-24(28)27-20(2)8-5-9-21-10-7-16-26-19-21/h2*6-7,10,12-20H,3-5,8-9,11H2,1-2H3,(H,27,28)/b13-6+,22-12-;/t2*20-/m11/s1. The van der Waals surface area contributed by atoms with Crippen LogP contribution in [0.3, 0.4) is 0 Å². The van der Waals surface area contributed by atoms with E-state index in [1.165, 1.54) is 22.3 Å². The van der Waals surface area contributed by atoms with Crippen molar-refractivity contribution in [3.63, 3.8) is 0 Å². The van der Waals surface area contributed by atoms with Crippen molar-refractivity contribution in [1.29, 1.82) is 0 Å². The predicted molar refractivity (Wildman–Crippen MR) is 231 cm³/mol. The van der Waals surface area contributed by atoms with Crippen LogP contribution >= 0.6 is 0 Å². The van der Waals surface area contributed by atoms with Crippen LogP contribution in [0.2, 0.25) is 0 Å². The summed E-state index contributed by atoms with van der Waals surface area (Å²) >= 11 is 0. The number of carbonyl (C=O) groups excluding carboxylic acids is 2. The highest BCUT2D eigenvalue weighted by atomic mass is 16.2. The molecule has 4 heterocycles. The van der Waals surface area contributed by atoms with Gasteiger partial charge in [0.2, 0.25) is 11.8 Å². The fourth-order valence-electron chi connectivity index (χ4n) is 6.06. The number of unbranched alkanes of at least 4 members (excludes halogenated alkanes) is 2. The number of hydrogen-bond donors (Lipinski definition) is 2. The Bertz CT molecular complexity index is 1640. The number of rotatable bonds is 22. The van der Waals surface area contributed by atoms with Gasteiger partial charge in [-0.05, 0) is 148 Å². The first-order chi connectivity index (χ1) is 27.4. The van der Waals surface area contributed by atoms with Gasteiger partial charge in [0.05, 0.1) is 0 Å². The average molecular weight is 755 g/mol. The Kier molecular flexibility index (Phi) is 22.4. The van der Waals surface area contributed by atoms with Gasteiger partial charge in [-0.2, -0.15) is 0 Å². The van der Waals surface area contributed by atoms with Crippen molar-refractivity contribution in [2.45, 2.75) is 117 Å². The monoisotopic (exact) mass is 754 g/mol. The summed E-state index contributed by atoms with van der Waals surface area (Å²) in [5, 5.41) is 6.08. The van der Waals surface area contributed by atoms with E-state index in [0.29, 0.717) is 0 Å². The van der Waals surface area contributed by atoms with Gasteiger partial charge in [0.25, 0.3) is 0 Å². The minimum atomic E-state index is -0.0466. The molecule has 0 aliphatic heterocycles. The largest absolute Gasteiger partial charge is 0.350 e. The van der Waals surface area contributed by atoms with Crippen molar-refractivity contribution in [1.82, 2.24) is 30.6 Å². The zero-order chi connectivity index (χ0) is 40.1. The van der Waals surface area contributed by atoms with Crippen LogP contribution < -0.4 is 10.6 Å². The lowest BCUT2D eigenvalue weighted by atomic mass is 10.0. The topological polar surface area (TPSA) is 110 Å².